The summed E-state index contributed by atoms with van der Waals surface area (Å²) in [5.74, 6) is 0. The van der Waals surface area contributed by atoms with Gasteiger partial charge in [-0.15, -0.1) is 0 Å². The number of benzene rings is 3. The molecule has 25 heavy (non-hydrogen) atoms. The molecule has 0 spiro atoms. The van der Waals surface area contributed by atoms with Gasteiger partial charge in [-0.3, -0.25) is 5.01 Å². The van der Waals surface area contributed by atoms with Crippen LogP contribution >= 0.6 is 0 Å². The summed E-state index contributed by atoms with van der Waals surface area (Å²) in [6, 6.07) is 31.6. The largest absolute Gasteiger partial charge is 0.257 e. The number of anilines is 1. The lowest BCUT2D eigenvalue weighted by Gasteiger charge is -2.23. The Labute approximate surface area is 148 Å². The summed E-state index contributed by atoms with van der Waals surface area (Å²) in [6.07, 6.45) is 5.17. The van der Waals surface area contributed by atoms with Crippen molar-refractivity contribution in [3.63, 3.8) is 0 Å². The van der Waals surface area contributed by atoms with Crippen molar-refractivity contribution in [2.45, 2.75) is 12.5 Å². The summed E-state index contributed by atoms with van der Waals surface area (Å²) in [5.41, 5.74) is 4.71. The molecule has 1 heterocycles. The summed E-state index contributed by atoms with van der Waals surface area (Å²) in [4.78, 5) is 0. The zero-order valence-electron chi connectivity index (χ0n) is 14.0. The predicted octanol–water partition coefficient (Wildman–Crippen LogP) is 5.71. The van der Waals surface area contributed by atoms with Crippen LogP contribution in [0.15, 0.2) is 102 Å². The number of hydrazone groups is 1. The number of rotatable bonds is 4. The molecule has 3 aromatic carbocycles. The first-order chi connectivity index (χ1) is 12.4. The molecule has 1 aliphatic heterocycles. The highest BCUT2D eigenvalue weighted by molar-refractivity contribution is 6.01. The molecule has 0 fully saturated rings. The van der Waals surface area contributed by atoms with E-state index in [1.807, 2.05) is 12.1 Å². The molecular formula is C23H20N2. The van der Waals surface area contributed by atoms with Crippen LogP contribution in [0.1, 0.15) is 23.6 Å². The molecule has 0 aliphatic carbocycles. The monoisotopic (exact) mass is 324 g/mol. The summed E-state index contributed by atoms with van der Waals surface area (Å²) < 4.78 is 0. The maximum Gasteiger partial charge on any atom is 0.0831 e. The van der Waals surface area contributed by atoms with E-state index in [1.165, 1.54) is 11.1 Å². The zero-order valence-corrected chi connectivity index (χ0v) is 14.0. The van der Waals surface area contributed by atoms with Crippen molar-refractivity contribution in [3.05, 3.63) is 108 Å². The molecule has 2 nitrogen and oxygen atoms in total. The van der Waals surface area contributed by atoms with Gasteiger partial charge < -0.3 is 0 Å². The maximum atomic E-state index is 4.89. The lowest BCUT2D eigenvalue weighted by molar-refractivity contribution is 0.709. The van der Waals surface area contributed by atoms with E-state index >= 15 is 0 Å². The quantitative estimate of drug-likeness (QED) is 0.600. The first-order valence-electron chi connectivity index (χ1n) is 8.60. The Hall–Kier alpha value is -3.13. The molecule has 0 bridgehead atoms. The molecule has 0 saturated carbocycles. The molecule has 0 radical (unpaired) electrons. The van der Waals surface area contributed by atoms with Gasteiger partial charge in [0.05, 0.1) is 17.4 Å². The lowest BCUT2D eigenvalue weighted by atomic mass is 10.0. The average molecular weight is 324 g/mol. The molecule has 0 amide bonds. The maximum absolute atomic E-state index is 4.89. The van der Waals surface area contributed by atoms with Crippen molar-refractivity contribution in [1.29, 1.82) is 0 Å². The Balaban J connectivity index is 1.64. The van der Waals surface area contributed by atoms with Crippen molar-refractivity contribution in [1.82, 2.24) is 0 Å². The van der Waals surface area contributed by atoms with Gasteiger partial charge in [0.15, 0.2) is 0 Å². The van der Waals surface area contributed by atoms with Crippen LogP contribution in [0.3, 0.4) is 0 Å². The minimum Gasteiger partial charge on any atom is -0.257 e. The fourth-order valence-corrected chi connectivity index (χ4v) is 3.14. The summed E-state index contributed by atoms with van der Waals surface area (Å²) in [6.45, 7) is 0. The van der Waals surface area contributed by atoms with Crippen molar-refractivity contribution >= 4 is 17.5 Å². The Bertz CT molecular complexity index is 868. The van der Waals surface area contributed by atoms with E-state index in [-0.39, 0.29) is 6.04 Å². The molecule has 3 aromatic rings. The van der Waals surface area contributed by atoms with Crippen LogP contribution in [-0.2, 0) is 0 Å². The van der Waals surface area contributed by atoms with Crippen molar-refractivity contribution < 1.29 is 0 Å². The van der Waals surface area contributed by atoms with Crippen LogP contribution in [-0.4, -0.2) is 5.71 Å². The second-order valence-corrected chi connectivity index (χ2v) is 6.15. The highest BCUT2D eigenvalue weighted by Crippen LogP contribution is 2.35. The number of nitrogens with zero attached hydrogens (tertiary/aromatic N) is 2. The number of hydrogen-bond donors (Lipinski definition) is 0. The molecule has 1 unspecified atom stereocenters. The van der Waals surface area contributed by atoms with Crippen LogP contribution in [0.25, 0.3) is 6.08 Å². The summed E-state index contributed by atoms with van der Waals surface area (Å²) in [5, 5.41) is 7.03. The third-order valence-electron chi connectivity index (χ3n) is 4.41. The molecular weight excluding hydrogens is 304 g/mol. The van der Waals surface area contributed by atoms with E-state index in [0.29, 0.717) is 0 Å². The summed E-state index contributed by atoms with van der Waals surface area (Å²) >= 11 is 0. The lowest BCUT2D eigenvalue weighted by Crippen LogP contribution is -2.18. The van der Waals surface area contributed by atoms with Crippen molar-refractivity contribution in [2.24, 2.45) is 5.10 Å². The molecule has 1 aliphatic rings. The van der Waals surface area contributed by atoms with Gasteiger partial charge in [0.1, 0.15) is 0 Å². The van der Waals surface area contributed by atoms with Gasteiger partial charge in [-0.2, -0.15) is 5.10 Å². The molecule has 0 saturated heterocycles. The van der Waals surface area contributed by atoms with E-state index in [1.54, 1.807) is 0 Å². The number of hydrogen-bond acceptors (Lipinski definition) is 2. The Morgan fingerprint density at radius 3 is 2.00 bits per heavy atom. The first-order valence-corrected chi connectivity index (χ1v) is 8.60. The topological polar surface area (TPSA) is 15.6 Å². The van der Waals surface area contributed by atoms with Crippen LogP contribution in [0.2, 0.25) is 0 Å². The average Bonchev–Trinajstić information content (AvgIpc) is 3.13. The van der Waals surface area contributed by atoms with Crippen molar-refractivity contribution in [2.75, 3.05) is 5.01 Å². The van der Waals surface area contributed by atoms with Gasteiger partial charge in [0.2, 0.25) is 0 Å². The number of para-hydroxylation sites is 1. The third-order valence-corrected chi connectivity index (χ3v) is 4.41. The highest BCUT2D eigenvalue weighted by atomic mass is 15.5. The standard InChI is InChI=1S/C23H20N2/c1-4-10-19(11-5-1)16-17-21-18-23(20-12-6-2-7-13-20)25(24-21)22-14-8-3-9-15-22/h1-17,23H,18H2. The smallest absolute Gasteiger partial charge is 0.0831 e. The van der Waals surface area contributed by atoms with Gasteiger partial charge in [-0.05, 0) is 29.3 Å². The molecule has 0 aromatic heterocycles. The minimum absolute atomic E-state index is 0.235. The second kappa shape index (κ2) is 7.18. The third kappa shape index (κ3) is 3.53. The van der Waals surface area contributed by atoms with E-state index in [4.69, 9.17) is 5.10 Å². The predicted molar refractivity (Wildman–Crippen MR) is 106 cm³/mol. The SMILES string of the molecule is C(=Cc1ccccc1)C1=NN(c2ccccc2)C(c2ccccc2)C1. The molecule has 122 valence electrons. The van der Waals surface area contributed by atoms with Gasteiger partial charge >= 0.3 is 0 Å². The molecule has 2 heteroatoms. The van der Waals surface area contributed by atoms with Gasteiger partial charge in [0.25, 0.3) is 0 Å². The van der Waals surface area contributed by atoms with Gasteiger partial charge in [0, 0.05) is 6.42 Å². The van der Waals surface area contributed by atoms with Crippen molar-refractivity contribution in [3.8, 4) is 0 Å². The van der Waals surface area contributed by atoms with Crippen LogP contribution < -0.4 is 5.01 Å². The van der Waals surface area contributed by atoms with E-state index in [9.17, 15) is 0 Å². The van der Waals surface area contributed by atoms with Crippen LogP contribution in [0, 0.1) is 0 Å². The fourth-order valence-electron chi connectivity index (χ4n) is 3.14. The summed E-state index contributed by atoms with van der Waals surface area (Å²) in [7, 11) is 0. The van der Waals surface area contributed by atoms with E-state index < -0.39 is 0 Å². The Kier molecular flexibility index (Phi) is 4.42. The second-order valence-electron chi connectivity index (χ2n) is 6.15. The normalized spacial score (nSPS) is 17.0. The Morgan fingerprint density at radius 2 is 1.32 bits per heavy atom. The molecule has 0 N–H and O–H groups in total. The molecule has 4 rings (SSSR count). The zero-order chi connectivity index (χ0) is 16.9. The molecule has 1 atom stereocenters. The number of allylic oxidation sites excluding steroid dienone is 1. The highest BCUT2D eigenvalue weighted by Gasteiger charge is 2.27. The minimum atomic E-state index is 0.235. The Morgan fingerprint density at radius 1 is 0.720 bits per heavy atom. The van der Waals surface area contributed by atoms with Crippen LogP contribution in [0.4, 0.5) is 5.69 Å². The van der Waals surface area contributed by atoms with E-state index in [0.717, 1.165) is 17.8 Å². The van der Waals surface area contributed by atoms with Crippen LogP contribution in [0.5, 0.6) is 0 Å². The van der Waals surface area contributed by atoms with E-state index in [2.05, 4.69) is 96.0 Å². The first kappa shape index (κ1) is 15.4. The fraction of sp³-hybridized carbons (Fsp3) is 0.0870. The van der Waals surface area contributed by atoms with Gasteiger partial charge in [-0.25, -0.2) is 0 Å². The van der Waals surface area contributed by atoms with Gasteiger partial charge in [-0.1, -0.05) is 84.9 Å².